The predicted octanol–water partition coefficient (Wildman–Crippen LogP) is 2.31. The summed E-state index contributed by atoms with van der Waals surface area (Å²) < 4.78 is 28.2. The molecule has 3 aliphatic rings. The molecule has 200 valence electrons. The van der Waals surface area contributed by atoms with E-state index in [1.807, 2.05) is 29.2 Å². The maximum Gasteiger partial charge on any atom is 0.260 e. The molecule has 1 N–H and O–H groups in total. The van der Waals surface area contributed by atoms with Crippen LogP contribution in [0.2, 0.25) is 5.15 Å². The molecular formula is C25H28ClN7O3S2. The number of anilines is 3. The van der Waals surface area contributed by atoms with E-state index in [4.69, 9.17) is 11.6 Å². The van der Waals surface area contributed by atoms with Gasteiger partial charge in [-0.1, -0.05) is 17.7 Å². The summed E-state index contributed by atoms with van der Waals surface area (Å²) in [4.78, 5) is 28.3. The van der Waals surface area contributed by atoms with Crippen molar-refractivity contribution in [2.75, 3.05) is 73.6 Å². The van der Waals surface area contributed by atoms with Crippen molar-refractivity contribution in [3.8, 4) is 0 Å². The van der Waals surface area contributed by atoms with E-state index >= 15 is 0 Å². The zero-order chi connectivity index (χ0) is 26.3. The van der Waals surface area contributed by atoms with Crippen LogP contribution in [0.1, 0.15) is 16.1 Å². The standard InChI is InChI=1S/C25H28ClN7O3S2/c26-22-17-37-25(29-22)31-12-14-32(15-13-31)38(35,36)23-5-4-21-20(28-23)6-9-33(21)24(34)18-2-1-3-19(16-18)30-10-7-27-8-11-30/h1-5,16-17,27H,6-15H2. The Labute approximate surface area is 230 Å². The van der Waals surface area contributed by atoms with Crippen molar-refractivity contribution in [3.05, 3.63) is 58.2 Å². The molecule has 13 heteroatoms. The third kappa shape index (κ3) is 4.87. The normalized spacial score (nSPS) is 18.6. The van der Waals surface area contributed by atoms with E-state index in [2.05, 4.69) is 20.2 Å². The third-order valence-corrected chi connectivity index (χ3v) is 10.2. The highest BCUT2D eigenvalue weighted by Crippen LogP contribution is 2.31. The number of carbonyl (C=O) groups is 1. The molecule has 10 nitrogen and oxygen atoms in total. The van der Waals surface area contributed by atoms with Crippen molar-refractivity contribution < 1.29 is 13.2 Å². The fraction of sp³-hybridized carbons (Fsp3) is 0.400. The van der Waals surface area contributed by atoms with Crippen molar-refractivity contribution in [2.24, 2.45) is 0 Å². The molecule has 0 radical (unpaired) electrons. The SMILES string of the molecule is O=C(c1cccc(N2CCNCC2)c1)N1CCc2nc(S(=O)(=O)N3CCN(c4nc(Cl)cs4)CC3)ccc21. The molecule has 3 aliphatic heterocycles. The first-order valence-corrected chi connectivity index (χ1v) is 15.3. The molecule has 0 unspecified atom stereocenters. The Bertz CT molecular complexity index is 1450. The molecule has 0 bridgehead atoms. The van der Waals surface area contributed by atoms with Gasteiger partial charge in [-0.3, -0.25) is 4.79 Å². The molecular weight excluding hydrogens is 546 g/mol. The number of hydrogen-bond acceptors (Lipinski definition) is 9. The van der Waals surface area contributed by atoms with Gasteiger partial charge in [-0.2, -0.15) is 4.31 Å². The molecule has 2 aromatic heterocycles. The second-order valence-electron chi connectivity index (χ2n) is 9.45. The molecule has 5 heterocycles. The van der Waals surface area contributed by atoms with Gasteiger partial charge in [0.05, 0.1) is 11.4 Å². The molecule has 2 saturated heterocycles. The minimum atomic E-state index is -3.75. The lowest BCUT2D eigenvalue weighted by molar-refractivity contribution is 0.0989. The van der Waals surface area contributed by atoms with Gasteiger partial charge in [0.1, 0.15) is 5.15 Å². The van der Waals surface area contributed by atoms with Crippen LogP contribution < -0.4 is 20.0 Å². The average molecular weight is 574 g/mol. The highest BCUT2D eigenvalue weighted by atomic mass is 35.5. The van der Waals surface area contributed by atoms with Crippen molar-refractivity contribution in [2.45, 2.75) is 11.4 Å². The van der Waals surface area contributed by atoms with E-state index in [1.165, 1.54) is 21.7 Å². The number of halogens is 1. The number of carbonyl (C=O) groups excluding carboxylic acids is 1. The molecule has 0 atom stereocenters. The van der Waals surface area contributed by atoms with Crippen LogP contribution in [0.15, 0.2) is 46.8 Å². The van der Waals surface area contributed by atoms with Gasteiger partial charge in [0.2, 0.25) is 0 Å². The summed E-state index contributed by atoms with van der Waals surface area (Å²) in [6.45, 7) is 5.86. The zero-order valence-corrected chi connectivity index (χ0v) is 23.1. The van der Waals surface area contributed by atoms with Gasteiger partial charge in [-0.05, 0) is 30.3 Å². The fourth-order valence-electron chi connectivity index (χ4n) is 5.15. The number of pyridine rings is 1. The van der Waals surface area contributed by atoms with E-state index in [1.54, 1.807) is 16.3 Å². The van der Waals surface area contributed by atoms with Crippen molar-refractivity contribution in [3.63, 3.8) is 0 Å². The average Bonchev–Trinajstić information content (AvgIpc) is 3.59. The molecule has 1 aromatic carbocycles. The molecule has 38 heavy (non-hydrogen) atoms. The Morgan fingerprint density at radius 1 is 0.947 bits per heavy atom. The van der Waals surface area contributed by atoms with Crippen LogP contribution in [0.5, 0.6) is 0 Å². The number of piperazine rings is 2. The molecule has 0 aliphatic carbocycles. The number of nitrogens with zero attached hydrogens (tertiary/aromatic N) is 6. The van der Waals surface area contributed by atoms with Crippen molar-refractivity contribution in [1.29, 1.82) is 0 Å². The summed E-state index contributed by atoms with van der Waals surface area (Å²) in [5.41, 5.74) is 2.96. The molecule has 1 amide bonds. The first-order valence-electron chi connectivity index (χ1n) is 12.6. The summed E-state index contributed by atoms with van der Waals surface area (Å²) in [7, 11) is -3.75. The quantitative estimate of drug-likeness (QED) is 0.496. The van der Waals surface area contributed by atoms with E-state index in [9.17, 15) is 13.2 Å². The first-order chi connectivity index (χ1) is 18.4. The van der Waals surface area contributed by atoms with Gasteiger partial charge in [0, 0.05) is 82.0 Å². The van der Waals surface area contributed by atoms with Crippen molar-refractivity contribution >= 4 is 55.4 Å². The first kappa shape index (κ1) is 25.5. The topological polar surface area (TPSA) is 102 Å². The molecule has 0 saturated carbocycles. The van der Waals surface area contributed by atoms with Crippen LogP contribution >= 0.6 is 22.9 Å². The Hall–Kier alpha value is -2.77. The van der Waals surface area contributed by atoms with Crippen LogP contribution in [-0.2, 0) is 16.4 Å². The lowest BCUT2D eigenvalue weighted by Gasteiger charge is -2.33. The van der Waals surface area contributed by atoms with Gasteiger partial charge in [-0.25, -0.2) is 18.4 Å². The third-order valence-electron chi connectivity index (χ3n) is 7.19. The Balaban J connectivity index is 1.16. The van der Waals surface area contributed by atoms with Gasteiger partial charge < -0.3 is 20.0 Å². The summed E-state index contributed by atoms with van der Waals surface area (Å²) in [6, 6.07) is 11.0. The molecule has 3 aromatic rings. The minimum Gasteiger partial charge on any atom is -0.369 e. The number of rotatable bonds is 5. The van der Waals surface area contributed by atoms with Crippen LogP contribution in [0.4, 0.5) is 16.5 Å². The highest BCUT2D eigenvalue weighted by Gasteiger charge is 2.33. The summed E-state index contributed by atoms with van der Waals surface area (Å²) in [6.07, 6.45) is 0.514. The second kappa shape index (κ2) is 10.4. The maximum absolute atomic E-state index is 13.4. The van der Waals surface area contributed by atoms with Crippen LogP contribution in [0.3, 0.4) is 0 Å². The van der Waals surface area contributed by atoms with E-state index in [-0.39, 0.29) is 10.9 Å². The predicted molar refractivity (Wildman–Crippen MR) is 149 cm³/mol. The smallest absolute Gasteiger partial charge is 0.260 e. The van der Waals surface area contributed by atoms with Crippen LogP contribution in [-0.4, -0.2) is 87.5 Å². The number of nitrogens with one attached hydrogen (secondary N) is 1. The lowest BCUT2D eigenvalue weighted by atomic mass is 10.1. The minimum absolute atomic E-state index is 0.0250. The monoisotopic (exact) mass is 573 g/mol. The van der Waals surface area contributed by atoms with Gasteiger partial charge in [-0.15, -0.1) is 11.3 Å². The number of thiazole rings is 1. The van der Waals surface area contributed by atoms with Gasteiger partial charge in [0.15, 0.2) is 10.2 Å². The fourth-order valence-corrected chi connectivity index (χ4v) is 7.53. The number of benzene rings is 1. The molecule has 0 spiro atoms. The van der Waals surface area contributed by atoms with Crippen LogP contribution in [0, 0.1) is 0 Å². The van der Waals surface area contributed by atoms with Gasteiger partial charge in [0.25, 0.3) is 15.9 Å². The number of hydrogen-bond donors (Lipinski definition) is 1. The Kier molecular flexibility index (Phi) is 6.99. The largest absolute Gasteiger partial charge is 0.369 e. The zero-order valence-electron chi connectivity index (χ0n) is 20.7. The Morgan fingerprint density at radius 3 is 2.47 bits per heavy atom. The van der Waals surface area contributed by atoms with Crippen molar-refractivity contribution in [1.82, 2.24) is 19.6 Å². The van der Waals surface area contributed by atoms with E-state index in [0.717, 1.165) is 37.0 Å². The maximum atomic E-state index is 13.4. The Morgan fingerprint density at radius 2 is 1.74 bits per heavy atom. The lowest BCUT2D eigenvalue weighted by Crippen LogP contribution is -2.48. The molecule has 2 fully saturated rings. The van der Waals surface area contributed by atoms with Crippen LogP contribution in [0.25, 0.3) is 0 Å². The number of amides is 1. The van der Waals surface area contributed by atoms with E-state index < -0.39 is 10.0 Å². The number of fused-ring (bicyclic) bond motifs is 1. The highest BCUT2D eigenvalue weighted by molar-refractivity contribution is 7.89. The number of aromatic nitrogens is 2. The second-order valence-corrected chi connectivity index (χ2v) is 12.6. The summed E-state index contributed by atoms with van der Waals surface area (Å²) in [5.74, 6) is -0.100. The number of sulfonamides is 1. The molecule has 6 rings (SSSR count). The summed E-state index contributed by atoms with van der Waals surface area (Å²) in [5, 5.41) is 6.38. The summed E-state index contributed by atoms with van der Waals surface area (Å²) >= 11 is 7.39. The van der Waals surface area contributed by atoms with E-state index in [0.29, 0.717) is 61.2 Å². The van der Waals surface area contributed by atoms with Gasteiger partial charge >= 0.3 is 0 Å².